The fourth-order valence-electron chi connectivity index (χ4n) is 1.37. The molecular weight excluding hydrogens is 230 g/mol. The Morgan fingerprint density at radius 3 is 2.94 bits per heavy atom. The molecule has 4 nitrogen and oxygen atoms in total. The first kappa shape index (κ1) is 12.1. The van der Waals surface area contributed by atoms with Crippen molar-refractivity contribution in [1.82, 2.24) is 4.98 Å². The van der Waals surface area contributed by atoms with Gasteiger partial charge in [-0.05, 0) is 37.3 Å². The molecule has 0 aliphatic heterocycles. The summed E-state index contributed by atoms with van der Waals surface area (Å²) in [6, 6.07) is 9.08. The molecule has 18 heavy (non-hydrogen) atoms. The number of aromatic nitrogens is 1. The van der Waals surface area contributed by atoms with Gasteiger partial charge in [0.2, 0.25) is 0 Å². The summed E-state index contributed by atoms with van der Waals surface area (Å²) in [5, 5.41) is 0. The zero-order valence-electron chi connectivity index (χ0n) is 10.00. The monoisotopic (exact) mass is 243 g/mol. The minimum absolute atomic E-state index is 0.168. The molecule has 0 radical (unpaired) electrons. The molecule has 0 aliphatic carbocycles. The Morgan fingerprint density at radius 2 is 2.28 bits per heavy atom. The highest BCUT2D eigenvalue weighted by Crippen LogP contribution is 2.08. The number of nitrogens with zero attached hydrogens (tertiary/aromatic N) is 1. The van der Waals surface area contributed by atoms with E-state index in [2.05, 4.69) is 4.98 Å². The van der Waals surface area contributed by atoms with Crippen LogP contribution in [0.2, 0.25) is 0 Å². The first-order valence-electron chi connectivity index (χ1n) is 5.55. The summed E-state index contributed by atoms with van der Waals surface area (Å²) in [5.41, 5.74) is 0.716. The van der Waals surface area contributed by atoms with Gasteiger partial charge in [-0.3, -0.25) is 4.98 Å². The summed E-state index contributed by atoms with van der Waals surface area (Å²) in [6.07, 6.45) is 4.57. The van der Waals surface area contributed by atoms with Crippen molar-refractivity contribution in [3.63, 3.8) is 0 Å². The van der Waals surface area contributed by atoms with Crippen LogP contribution in [0.5, 0.6) is 0 Å². The Hall–Kier alpha value is -2.36. The van der Waals surface area contributed by atoms with Gasteiger partial charge in [0.05, 0.1) is 5.69 Å². The summed E-state index contributed by atoms with van der Waals surface area (Å²) in [5.74, 6) is 1.01. The third-order valence-electron chi connectivity index (χ3n) is 2.23. The summed E-state index contributed by atoms with van der Waals surface area (Å²) in [6.45, 7) is 2.01. The molecule has 0 aliphatic rings. The van der Waals surface area contributed by atoms with Crippen molar-refractivity contribution < 1.29 is 13.9 Å². The summed E-state index contributed by atoms with van der Waals surface area (Å²) in [4.78, 5) is 15.5. The molecule has 0 spiro atoms. The van der Waals surface area contributed by atoms with Crippen LogP contribution in [0, 0.1) is 6.92 Å². The van der Waals surface area contributed by atoms with Crippen molar-refractivity contribution in [3.05, 3.63) is 59.8 Å². The van der Waals surface area contributed by atoms with E-state index < -0.39 is 5.97 Å². The highest BCUT2D eigenvalue weighted by Gasteiger charge is 2.00. The molecule has 0 bridgehead atoms. The summed E-state index contributed by atoms with van der Waals surface area (Å²) < 4.78 is 10.3. The Labute approximate surface area is 105 Å². The Kier molecular flexibility index (Phi) is 3.91. The lowest BCUT2D eigenvalue weighted by Gasteiger charge is -2.00. The van der Waals surface area contributed by atoms with Gasteiger partial charge in [0.25, 0.3) is 0 Å². The van der Waals surface area contributed by atoms with E-state index in [1.807, 2.05) is 25.1 Å². The molecule has 2 aromatic heterocycles. The van der Waals surface area contributed by atoms with Gasteiger partial charge >= 0.3 is 5.97 Å². The second kappa shape index (κ2) is 5.82. The van der Waals surface area contributed by atoms with E-state index in [1.54, 1.807) is 24.4 Å². The topological polar surface area (TPSA) is 52.3 Å². The van der Waals surface area contributed by atoms with E-state index >= 15 is 0 Å². The van der Waals surface area contributed by atoms with E-state index in [1.165, 1.54) is 6.08 Å². The Bertz CT molecular complexity index is 543. The predicted octanol–water partition coefficient (Wildman–Crippen LogP) is 2.74. The highest BCUT2D eigenvalue weighted by atomic mass is 16.5. The number of carbonyl (C=O) groups is 1. The van der Waals surface area contributed by atoms with Crippen LogP contribution in [0.1, 0.15) is 17.2 Å². The molecule has 0 saturated carbocycles. The lowest BCUT2D eigenvalue weighted by atomic mass is 10.4. The third kappa shape index (κ3) is 3.59. The summed E-state index contributed by atoms with van der Waals surface area (Å²) >= 11 is 0. The van der Waals surface area contributed by atoms with Crippen molar-refractivity contribution in [3.8, 4) is 0 Å². The molecule has 2 rings (SSSR count). The van der Waals surface area contributed by atoms with Gasteiger partial charge in [-0.1, -0.05) is 6.07 Å². The number of hydrogen-bond acceptors (Lipinski definition) is 4. The van der Waals surface area contributed by atoms with E-state index in [0.29, 0.717) is 11.5 Å². The third-order valence-corrected chi connectivity index (χ3v) is 2.23. The normalized spacial score (nSPS) is 10.7. The minimum atomic E-state index is -0.422. The standard InChI is InChI=1S/C14H13NO3/c1-11-5-6-13(18-11)7-8-14(16)17-10-12-4-2-3-9-15-12/h2-9H,10H2,1H3/b8-7+. The van der Waals surface area contributed by atoms with Crippen molar-refractivity contribution in [2.75, 3.05) is 0 Å². The van der Waals surface area contributed by atoms with Crippen LogP contribution in [-0.2, 0) is 16.1 Å². The van der Waals surface area contributed by atoms with Gasteiger partial charge in [-0.25, -0.2) is 4.79 Å². The van der Waals surface area contributed by atoms with Crippen LogP contribution in [0.3, 0.4) is 0 Å². The maximum Gasteiger partial charge on any atom is 0.331 e. The first-order chi connectivity index (χ1) is 8.74. The number of furan rings is 1. The van der Waals surface area contributed by atoms with Gasteiger partial charge in [-0.2, -0.15) is 0 Å². The van der Waals surface area contributed by atoms with Crippen molar-refractivity contribution in [1.29, 1.82) is 0 Å². The first-order valence-corrected chi connectivity index (χ1v) is 5.55. The minimum Gasteiger partial charge on any atom is -0.462 e. The number of aryl methyl sites for hydroxylation is 1. The molecule has 2 aromatic rings. The molecule has 0 fully saturated rings. The van der Waals surface area contributed by atoms with Crippen molar-refractivity contribution >= 4 is 12.0 Å². The van der Waals surface area contributed by atoms with Gasteiger partial charge < -0.3 is 9.15 Å². The zero-order chi connectivity index (χ0) is 12.8. The number of carbonyl (C=O) groups excluding carboxylic acids is 1. The van der Waals surface area contributed by atoms with Crippen LogP contribution in [0.15, 0.2) is 47.0 Å². The molecule has 0 amide bonds. The molecule has 0 aromatic carbocycles. The molecule has 0 saturated heterocycles. The predicted molar refractivity (Wildman–Crippen MR) is 66.5 cm³/mol. The maximum absolute atomic E-state index is 11.4. The number of pyridine rings is 1. The van der Waals surface area contributed by atoms with E-state index in [4.69, 9.17) is 9.15 Å². The largest absolute Gasteiger partial charge is 0.462 e. The number of ether oxygens (including phenoxy) is 1. The molecule has 92 valence electrons. The Morgan fingerprint density at radius 1 is 1.39 bits per heavy atom. The molecule has 0 unspecified atom stereocenters. The van der Waals surface area contributed by atoms with Gasteiger partial charge in [-0.15, -0.1) is 0 Å². The van der Waals surface area contributed by atoms with Gasteiger partial charge in [0.15, 0.2) is 0 Å². The van der Waals surface area contributed by atoms with Crippen LogP contribution in [0.25, 0.3) is 6.08 Å². The SMILES string of the molecule is Cc1ccc(/C=C/C(=O)OCc2ccccn2)o1. The van der Waals surface area contributed by atoms with E-state index in [-0.39, 0.29) is 6.61 Å². The second-order valence-electron chi connectivity index (χ2n) is 3.71. The fourth-order valence-corrected chi connectivity index (χ4v) is 1.37. The highest BCUT2D eigenvalue weighted by molar-refractivity contribution is 5.86. The number of hydrogen-bond donors (Lipinski definition) is 0. The van der Waals surface area contributed by atoms with Crippen molar-refractivity contribution in [2.45, 2.75) is 13.5 Å². The van der Waals surface area contributed by atoms with Crippen LogP contribution >= 0.6 is 0 Å². The average molecular weight is 243 g/mol. The number of rotatable bonds is 4. The Balaban J connectivity index is 1.84. The van der Waals surface area contributed by atoms with Gasteiger partial charge in [0.1, 0.15) is 18.1 Å². The molecule has 0 N–H and O–H groups in total. The zero-order valence-corrected chi connectivity index (χ0v) is 10.00. The molecule has 2 heterocycles. The average Bonchev–Trinajstić information content (AvgIpc) is 2.81. The van der Waals surface area contributed by atoms with Gasteiger partial charge in [0, 0.05) is 12.3 Å². The summed E-state index contributed by atoms with van der Waals surface area (Å²) in [7, 11) is 0. The second-order valence-corrected chi connectivity index (χ2v) is 3.71. The van der Waals surface area contributed by atoms with E-state index in [9.17, 15) is 4.79 Å². The van der Waals surface area contributed by atoms with Crippen LogP contribution in [0.4, 0.5) is 0 Å². The molecular formula is C14H13NO3. The lowest BCUT2D eigenvalue weighted by molar-refractivity contribution is -0.139. The number of esters is 1. The fraction of sp³-hybridized carbons (Fsp3) is 0.143. The smallest absolute Gasteiger partial charge is 0.331 e. The molecule has 0 atom stereocenters. The van der Waals surface area contributed by atoms with Crippen LogP contribution in [-0.4, -0.2) is 11.0 Å². The quantitative estimate of drug-likeness (QED) is 0.612. The van der Waals surface area contributed by atoms with Crippen molar-refractivity contribution in [2.24, 2.45) is 0 Å². The lowest BCUT2D eigenvalue weighted by Crippen LogP contribution is -2.01. The van der Waals surface area contributed by atoms with E-state index in [0.717, 1.165) is 5.76 Å². The molecule has 4 heteroatoms. The maximum atomic E-state index is 11.4. The van der Waals surface area contributed by atoms with Crippen LogP contribution < -0.4 is 0 Å².